The molecule has 0 spiro atoms. The summed E-state index contributed by atoms with van der Waals surface area (Å²) >= 11 is 3.12. The van der Waals surface area contributed by atoms with E-state index in [0.29, 0.717) is 16.7 Å². The van der Waals surface area contributed by atoms with E-state index in [1.807, 2.05) is 0 Å². The van der Waals surface area contributed by atoms with E-state index in [-0.39, 0.29) is 5.75 Å². The van der Waals surface area contributed by atoms with Gasteiger partial charge in [0.25, 0.3) is 0 Å². The minimum Gasteiger partial charge on any atom is -0.508 e. The van der Waals surface area contributed by atoms with Crippen LogP contribution in [0.5, 0.6) is 5.75 Å². The molecule has 2 aromatic rings. The number of rotatable bonds is 3. The Morgan fingerprint density at radius 1 is 1.05 bits per heavy atom. The van der Waals surface area contributed by atoms with Crippen molar-refractivity contribution in [2.75, 3.05) is 5.32 Å². The SMILES string of the molecule is Oc1ccc(CNc2ccc(C(F)(F)F)cc2Br)cc1. The van der Waals surface area contributed by atoms with Gasteiger partial charge < -0.3 is 10.4 Å². The van der Waals surface area contributed by atoms with Crippen LogP contribution in [0.1, 0.15) is 11.1 Å². The summed E-state index contributed by atoms with van der Waals surface area (Å²) in [7, 11) is 0. The first-order valence-electron chi connectivity index (χ1n) is 5.75. The highest BCUT2D eigenvalue weighted by Crippen LogP contribution is 2.34. The third-order valence-electron chi connectivity index (χ3n) is 2.72. The zero-order valence-electron chi connectivity index (χ0n) is 10.2. The lowest BCUT2D eigenvalue weighted by molar-refractivity contribution is -0.137. The van der Waals surface area contributed by atoms with Gasteiger partial charge in [-0.2, -0.15) is 13.2 Å². The number of phenols is 1. The third kappa shape index (κ3) is 3.66. The van der Waals surface area contributed by atoms with Crippen molar-refractivity contribution in [1.29, 1.82) is 0 Å². The largest absolute Gasteiger partial charge is 0.508 e. The lowest BCUT2D eigenvalue weighted by Crippen LogP contribution is -2.06. The maximum Gasteiger partial charge on any atom is 0.416 e. The second-order valence-electron chi connectivity index (χ2n) is 4.21. The van der Waals surface area contributed by atoms with E-state index in [0.717, 1.165) is 17.7 Å². The summed E-state index contributed by atoms with van der Waals surface area (Å²) in [4.78, 5) is 0. The van der Waals surface area contributed by atoms with Gasteiger partial charge in [-0.3, -0.25) is 0 Å². The predicted molar refractivity (Wildman–Crippen MR) is 74.6 cm³/mol. The van der Waals surface area contributed by atoms with Crippen LogP contribution in [0.25, 0.3) is 0 Å². The predicted octanol–water partition coefficient (Wildman–Crippen LogP) is 4.79. The number of halogens is 4. The Morgan fingerprint density at radius 3 is 2.25 bits per heavy atom. The van der Waals surface area contributed by atoms with Gasteiger partial charge in [0.2, 0.25) is 0 Å². The fourth-order valence-electron chi connectivity index (χ4n) is 1.65. The smallest absolute Gasteiger partial charge is 0.416 e. The van der Waals surface area contributed by atoms with Crippen LogP contribution in [-0.4, -0.2) is 5.11 Å². The summed E-state index contributed by atoms with van der Waals surface area (Å²) in [6, 6.07) is 10.0. The number of aromatic hydroxyl groups is 1. The molecule has 2 rings (SSSR count). The molecule has 0 atom stereocenters. The van der Waals surface area contributed by atoms with E-state index in [1.165, 1.54) is 6.07 Å². The first kappa shape index (κ1) is 14.7. The molecule has 20 heavy (non-hydrogen) atoms. The van der Waals surface area contributed by atoms with Crippen LogP contribution < -0.4 is 5.32 Å². The van der Waals surface area contributed by atoms with Gasteiger partial charge in [-0.1, -0.05) is 12.1 Å². The van der Waals surface area contributed by atoms with Crippen molar-refractivity contribution in [1.82, 2.24) is 0 Å². The molecule has 0 saturated heterocycles. The standard InChI is InChI=1S/C14H11BrF3NO/c15-12-7-10(14(16,17)18)3-6-13(12)19-8-9-1-4-11(20)5-2-9/h1-7,19-20H,8H2. The van der Waals surface area contributed by atoms with Crippen molar-refractivity contribution in [2.24, 2.45) is 0 Å². The minimum atomic E-state index is -4.35. The van der Waals surface area contributed by atoms with Crippen molar-refractivity contribution in [3.63, 3.8) is 0 Å². The first-order valence-corrected chi connectivity index (χ1v) is 6.54. The number of benzene rings is 2. The summed E-state index contributed by atoms with van der Waals surface area (Å²) in [5.74, 6) is 0.171. The summed E-state index contributed by atoms with van der Waals surface area (Å²) in [5.41, 5.74) is 0.792. The highest BCUT2D eigenvalue weighted by atomic mass is 79.9. The molecule has 0 unspecified atom stereocenters. The summed E-state index contributed by atoms with van der Waals surface area (Å²) in [6.45, 7) is 0.449. The van der Waals surface area contributed by atoms with Crippen LogP contribution in [0.4, 0.5) is 18.9 Å². The summed E-state index contributed by atoms with van der Waals surface area (Å²) < 4.78 is 37.9. The molecular weight excluding hydrogens is 335 g/mol. The van der Waals surface area contributed by atoms with Gasteiger partial charge in [0.15, 0.2) is 0 Å². The zero-order chi connectivity index (χ0) is 14.8. The quantitative estimate of drug-likeness (QED) is 0.838. The summed E-state index contributed by atoms with van der Waals surface area (Å²) in [6.07, 6.45) is -4.35. The maximum absolute atomic E-state index is 12.5. The van der Waals surface area contributed by atoms with E-state index in [4.69, 9.17) is 5.11 Å². The number of hydrogen-bond acceptors (Lipinski definition) is 2. The van der Waals surface area contributed by atoms with Gasteiger partial charge in [-0.25, -0.2) is 0 Å². The molecule has 2 nitrogen and oxygen atoms in total. The molecule has 0 amide bonds. The molecule has 0 radical (unpaired) electrons. The van der Waals surface area contributed by atoms with Gasteiger partial charge in [0.05, 0.1) is 5.56 Å². The van der Waals surface area contributed by atoms with Crippen LogP contribution >= 0.6 is 15.9 Å². The first-order chi connectivity index (χ1) is 9.36. The lowest BCUT2D eigenvalue weighted by Gasteiger charge is -2.12. The van der Waals surface area contributed by atoms with Crippen LogP contribution in [0.2, 0.25) is 0 Å². The molecule has 0 aliphatic carbocycles. The van der Waals surface area contributed by atoms with Gasteiger partial charge in [-0.15, -0.1) is 0 Å². The Hall–Kier alpha value is -1.69. The molecule has 106 valence electrons. The van der Waals surface area contributed by atoms with Crippen molar-refractivity contribution in [3.05, 3.63) is 58.1 Å². The van der Waals surface area contributed by atoms with Crippen molar-refractivity contribution >= 4 is 21.6 Å². The molecule has 0 bridgehead atoms. The van der Waals surface area contributed by atoms with Crippen molar-refractivity contribution in [2.45, 2.75) is 12.7 Å². The Balaban J connectivity index is 2.08. The molecule has 0 saturated carbocycles. The second kappa shape index (κ2) is 5.75. The second-order valence-corrected chi connectivity index (χ2v) is 5.07. The minimum absolute atomic E-state index is 0.171. The molecule has 0 aliphatic heterocycles. The number of phenolic OH excluding ortho intramolecular Hbond substituents is 1. The zero-order valence-corrected chi connectivity index (χ0v) is 11.8. The maximum atomic E-state index is 12.5. The summed E-state index contributed by atoms with van der Waals surface area (Å²) in [5, 5.41) is 12.2. The average Bonchev–Trinajstić information content (AvgIpc) is 2.38. The van der Waals surface area contributed by atoms with Crippen molar-refractivity contribution in [3.8, 4) is 5.75 Å². The third-order valence-corrected chi connectivity index (χ3v) is 3.37. The number of nitrogens with one attached hydrogen (secondary N) is 1. The molecule has 0 heterocycles. The molecular formula is C14H11BrF3NO. The van der Waals surface area contributed by atoms with E-state index in [2.05, 4.69) is 21.2 Å². The van der Waals surface area contributed by atoms with E-state index >= 15 is 0 Å². The van der Waals surface area contributed by atoms with Gasteiger partial charge in [0.1, 0.15) is 5.75 Å². The Kier molecular flexibility index (Phi) is 4.23. The number of alkyl halides is 3. The molecule has 0 aromatic heterocycles. The molecule has 2 aromatic carbocycles. The van der Waals surface area contributed by atoms with E-state index in [1.54, 1.807) is 24.3 Å². The number of anilines is 1. The molecule has 6 heteroatoms. The normalized spacial score (nSPS) is 11.4. The number of hydrogen-bond donors (Lipinski definition) is 2. The van der Waals surface area contributed by atoms with Crippen molar-refractivity contribution < 1.29 is 18.3 Å². The lowest BCUT2D eigenvalue weighted by atomic mass is 10.2. The topological polar surface area (TPSA) is 32.3 Å². The van der Waals surface area contributed by atoms with E-state index < -0.39 is 11.7 Å². The fraction of sp³-hybridized carbons (Fsp3) is 0.143. The Morgan fingerprint density at radius 2 is 1.70 bits per heavy atom. The van der Waals surface area contributed by atoms with Crippen LogP contribution in [0.15, 0.2) is 46.9 Å². The van der Waals surface area contributed by atoms with Crippen LogP contribution in [0, 0.1) is 0 Å². The Bertz CT molecular complexity index is 596. The fourth-order valence-corrected chi connectivity index (χ4v) is 2.16. The molecule has 2 N–H and O–H groups in total. The Labute approximate surface area is 122 Å². The van der Waals surface area contributed by atoms with Crippen LogP contribution in [0.3, 0.4) is 0 Å². The average molecular weight is 346 g/mol. The monoisotopic (exact) mass is 345 g/mol. The molecule has 0 fully saturated rings. The van der Waals surface area contributed by atoms with E-state index in [9.17, 15) is 13.2 Å². The molecule has 0 aliphatic rings. The van der Waals surface area contributed by atoms with Gasteiger partial charge >= 0.3 is 6.18 Å². The van der Waals surface area contributed by atoms with Gasteiger partial charge in [-0.05, 0) is 51.8 Å². The highest BCUT2D eigenvalue weighted by molar-refractivity contribution is 9.10. The van der Waals surface area contributed by atoms with Gasteiger partial charge in [0, 0.05) is 16.7 Å². The highest BCUT2D eigenvalue weighted by Gasteiger charge is 2.30. The van der Waals surface area contributed by atoms with Crippen LogP contribution in [-0.2, 0) is 12.7 Å².